The number of rotatable bonds is 6. The lowest BCUT2D eigenvalue weighted by molar-refractivity contribution is -0.140. The van der Waals surface area contributed by atoms with Crippen LogP contribution in [0.2, 0.25) is 0 Å². The Bertz CT molecular complexity index is 544. The molecule has 0 radical (unpaired) electrons. The highest BCUT2D eigenvalue weighted by molar-refractivity contribution is 6.05. The van der Waals surface area contributed by atoms with Gasteiger partial charge in [0.05, 0.1) is 17.9 Å². The number of nitrogens with one attached hydrogen (secondary N) is 1. The number of carbonyl (C=O) groups is 3. The molecule has 0 spiro atoms. The number of carboxylic acids is 1. The van der Waals surface area contributed by atoms with Gasteiger partial charge in [-0.15, -0.1) is 0 Å². The molecule has 2 N–H and O–H groups in total. The summed E-state index contributed by atoms with van der Waals surface area (Å²) in [6.07, 6.45) is 0. The Hall–Kier alpha value is -2.41. The smallest absolute Gasteiger partial charge is 0.328 e. The van der Waals surface area contributed by atoms with E-state index in [0.717, 1.165) is 0 Å². The van der Waals surface area contributed by atoms with E-state index >= 15 is 0 Å². The largest absolute Gasteiger partial charge is 0.480 e. The molecule has 0 aliphatic carbocycles. The minimum absolute atomic E-state index is 0.147. The van der Waals surface area contributed by atoms with Crippen molar-refractivity contribution in [1.29, 1.82) is 0 Å². The molecule has 0 saturated heterocycles. The first-order valence-electron chi connectivity index (χ1n) is 6.24. The molecular weight excluding hydrogens is 276 g/mol. The maximum Gasteiger partial charge on any atom is 0.328 e. The second-order valence-electron chi connectivity index (χ2n) is 4.41. The summed E-state index contributed by atoms with van der Waals surface area (Å²) in [5.74, 6) is -2.01. The number of hydrogen-bond donors (Lipinski definition) is 2. The van der Waals surface area contributed by atoms with Crippen molar-refractivity contribution in [2.24, 2.45) is 0 Å². The van der Waals surface area contributed by atoms with Gasteiger partial charge in [0, 0.05) is 21.1 Å². The zero-order valence-electron chi connectivity index (χ0n) is 12.1. The second kappa shape index (κ2) is 7.39. The van der Waals surface area contributed by atoms with Gasteiger partial charge in [0.2, 0.25) is 5.91 Å². The van der Waals surface area contributed by atoms with Crippen LogP contribution in [0, 0.1) is 0 Å². The predicted molar refractivity (Wildman–Crippen MR) is 76.3 cm³/mol. The number of amides is 2. The van der Waals surface area contributed by atoms with Crippen LogP contribution < -0.4 is 10.2 Å². The monoisotopic (exact) mass is 294 g/mol. The van der Waals surface area contributed by atoms with E-state index in [0.29, 0.717) is 5.69 Å². The highest BCUT2D eigenvalue weighted by atomic mass is 16.5. The molecule has 1 unspecified atom stereocenters. The van der Waals surface area contributed by atoms with E-state index in [4.69, 9.17) is 9.84 Å². The molecule has 1 atom stereocenters. The number of ether oxygens (including phenoxy) is 1. The fourth-order valence-electron chi connectivity index (χ4n) is 1.71. The first-order valence-corrected chi connectivity index (χ1v) is 6.24. The van der Waals surface area contributed by atoms with Gasteiger partial charge in [-0.05, 0) is 12.1 Å². The number of hydrogen-bond acceptors (Lipinski definition) is 4. The summed E-state index contributed by atoms with van der Waals surface area (Å²) in [6.45, 7) is 1.23. The molecule has 0 aromatic heterocycles. The maximum atomic E-state index is 12.2. The Morgan fingerprint density at radius 3 is 2.48 bits per heavy atom. The normalized spacial score (nSPS) is 11.6. The molecule has 0 aliphatic rings. The summed E-state index contributed by atoms with van der Waals surface area (Å²) >= 11 is 0. The number of nitrogens with zero attached hydrogens (tertiary/aromatic N) is 1. The quantitative estimate of drug-likeness (QED) is 0.796. The van der Waals surface area contributed by atoms with Crippen LogP contribution in [-0.2, 0) is 14.3 Å². The summed E-state index contributed by atoms with van der Waals surface area (Å²) in [5, 5.41) is 11.4. The molecular formula is C14H18N2O5. The molecule has 1 aromatic rings. The van der Waals surface area contributed by atoms with Crippen molar-refractivity contribution in [2.45, 2.75) is 13.0 Å². The second-order valence-corrected chi connectivity index (χ2v) is 4.41. The molecule has 1 rings (SSSR count). The highest BCUT2D eigenvalue weighted by Crippen LogP contribution is 2.19. The predicted octanol–water partition coefficient (Wildman–Crippen LogP) is 0.499. The topological polar surface area (TPSA) is 95.9 Å². The number of para-hydroxylation sites is 1. The molecule has 0 aliphatic heterocycles. The Balaban J connectivity index is 3.02. The molecule has 7 heteroatoms. The molecule has 0 fully saturated rings. The van der Waals surface area contributed by atoms with E-state index in [1.165, 1.54) is 32.0 Å². The molecule has 1 aromatic carbocycles. The third kappa shape index (κ3) is 4.28. The summed E-state index contributed by atoms with van der Waals surface area (Å²) in [7, 11) is 2.89. The van der Waals surface area contributed by atoms with Gasteiger partial charge in [-0.3, -0.25) is 9.59 Å². The van der Waals surface area contributed by atoms with Gasteiger partial charge in [-0.25, -0.2) is 4.79 Å². The van der Waals surface area contributed by atoms with E-state index in [1.54, 1.807) is 18.2 Å². The van der Waals surface area contributed by atoms with Crippen LogP contribution in [-0.4, -0.2) is 49.7 Å². The fourth-order valence-corrected chi connectivity index (χ4v) is 1.71. The third-order valence-electron chi connectivity index (χ3n) is 2.92. The Kier molecular flexibility index (Phi) is 5.86. The van der Waals surface area contributed by atoms with Gasteiger partial charge in [0.1, 0.15) is 0 Å². The van der Waals surface area contributed by atoms with E-state index in [2.05, 4.69) is 5.32 Å². The van der Waals surface area contributed by atoms with Crippen molar-refractivity contribution < 1.29 is 24.2 Å². The minimum atomic E-state index is -1.19. The van der Waals surface area contributed by atoms with Gasteiger partial charge in [-0.2, -0.15) is 0 Å². The van der Waals surface area contributed by atoms with Crippen LogP contribution >= 0.6 is 0 Å². The highest BCUT2D eigenvalue weighted by Gasteiger charge is 2.23. The van der Waals surface area contributed by atoms with Crippen molar-refractivity contribution >= 4 is 23.5 Å². The SMILES string of the molecule is COCC(NC(=O)c1ccccc1N(C)C(C)=O)C(=O)O. The molecule has 0 bridgehead atoms. The van der Waals surface area contributed by atoms with E-state index in [9.17, 15) is 14.4 Å². The lowest BCUT2D eigenvalue weighted by Gasteiger charge is -2.20. The Morgan fingerprint density at radius 1 is 1.33 bits per heavy atom. The number of carboxylic acid groups (broad SMARTS) is 1. The van der Waals surface area contributed by atoms with Crippen LogP contribution in [0.15, 0.2) is 24.3 Å². The van der Waals surface area contributed by atoms with Gasteiger partial charge in [0.25, 0.3) is 5.91 Å². The summed E-state index contributed by atoms with van der Waals surface area (Å²) in [6, 6.07) is 5.31. The van der Waals surface area contributed by atoms with Crippen LogP contribution in [0.5, 0.6) is 0 Å². The molecule has 7 nitrogen and oxygen atoms in total. The number of anilines is 1. The third-order valence-corrected chi connectivity index (χ3v) is 2.92. The van der Waals surface area contributed by atoms with Crippen molar-refractivity contribution in [2.75, 3.05) is 25.7 Å². The maximum absolute atomic E-state index is 12.2. The average Bonchev–Trinajstić information content (AvgIpc) is 2.45. The number of aliphatic carboxylic acids is 1. The van der Waals surface area contributed by atoms with Crippen molar-refractivity contribution in [3.8, 4) is 0 Å². The standard InChI is InChI=1S/C14H18N2O5/c1-9(17)16(2)12-7-5-4-6-10(12)13(18)15-11(8-21-3)14(19)20/h4-7,11H,8H2,1-3H3,(H,15,18)(H,19,20). The van der Waals surface area contributed by atoms with Gasteiger partial charge in [-0.1, -0.05) is 12.1 Å². The first-order chi connectivity index (χ1) is 9.88. The summed E-state index contributed by atoms with van der Waals surface area (Å²) < 4.78 is 4.76. The molecule has 2 amide bonds. The Labute approximate surface area is 122 Å². The zero-order chi connectivity index (χ0) is 16.0. The molecule has 114 valence electrons. The van der Waals surface area contributed by atoms with Crippen molar-refractivity contribution in [3.63, 3.8) is 0 Å². The molecule has 21 heavy (non-hydrogen) atoms. The summed E-state index contributed by atoms with van der Waals surface area (Å²) in [5.41, 5.74) is 0.626. The molecule has 0 saturated carbocycles. The van der Waals surface area contributed by atoms with Crippen molar-refractivity contribution in [1.82, 2.24) is 5.32 Å². The average molecular weight is 294 g/mol. The van der Waals surface area contributed by atoms with Crippen LogP contribution in [0.1, 0.15) is 17.3 Å². The number of methoxy groups -OCH3 is 1. The van der Waals surface area contributed by atoms with E-state index < -0.39 is 17.9 Å². The van der Waals surface area contributed by atoms with Gasteiger partial charge in [0.15, 0.2) is 6.04 Å². The van der Waals surface area contributed by atoms with Gasteiger partial charge < -0.3 is 20.1 Å². The van der Waals surface area contributed by atoms with E-state index in [1.807, 2.05) is 0 Å². The Morgan fingerprint density at radius 2 is 1.95 bits per heavy atom. The summed E-state index contributed by atoms with van der Waals surface area (Å²) in [4.78, 5) is 36.0. The van der Waals surface area contributed by atoms with Crippen LogP contribution in [0.25, 0.3) is 0 Å². The van der Waals surface area contributed by atoms with Gasteiger partial charge >= 0.3 is 5.97 Å². The number of carbonyl (C=O) groups excluding carboxylic acids is 2. The van der Waals surface area contributed by atoms with Crippen molar-refractivity contribution in [3.05, 3.63) is 29.8 Å². The lowest BCUT2D eigenvalue weighted by Crippen LogP contribution is -2.44. The van der Waals surface area contributed by atoms with E-state index in [-0.39, 0.29) is 18.1 Å². The van der Waals surface area contributed by atoms with Crippen LogP contribution in [0.3, 0.4) is 0 Å². The lowest BCUT2D eigenvalue weighted by atomic mass is 10.1. The molecule has 0 heterocycles. The first kappa shape index (κ1) is 16.6. The minimum Gasteiger partial charge on any atom is -0.480 e. The van der Waals surface area contributed by atoms with Crippen LogP contribution in [0.4, 0.5) is 5.69 Å². The zero-order valence-corrected chi connectivity index (χ0v) is 12.1. The fraction of sp³-hybridized carbons (Fsp3) is 0.357. The number of benzene rings is 1.